The molecule has 1 N–H and O–H groups in total. The second-order valence-electron chi connectivity index (χ2n) is 5.02. The second kappa shape index (κ2) is 5.65. The molecule has 2 aliphatic rings. The molecule has 0 aromatic heterocycles. The standard InChI is InChI=1S/C11H22N2O3S/c14-10-11-5-8-13(9-11)17(15,16)12-6-3-1-2-4-7-12/h11,14H,1-10H2/t11-/m1/s1. The lowest BCUT2D eigenvalue weighted by Crippen LogP contribution is -2.43. The molecule has 2 saturated heterocycles. The summed E-state index contributed by atoms with van der Waals surface area (Å²) in [5, 5.41) is 9.07. The molecule has 2 aliphatic heterocycles. The Kier molecular flexibility index (Phi) is 4.41. The van der Waals surface area contributed by atoms with Gasteiger partial charge in [0.1, 0.15) is 0 Å². The Morgan fingerprint density at radius 2 is 1.65 bits per heavy atom. The molecular weight excluding hydrogens is 240 g/mol. The summed E-state index contributed by atoms with van der Waals surface area (Å²) in [4.78, 5) is 0. The molecular formula is C11H22N2O3S. The van der Waals surface area contributed by atoms with Crippen LogP contribution in [0.4, 0.5) is 0 Å². The van der Waals surface area contributed by atoms with Crippen LogP contribution in [0.25, 0.3) is 0 Å². The van der Waals surface area contributed by atoms with Crippen molar-refractivity contribution >= 4 is 10.2 Å². The lowest BCUT2D eigenvalue weighted by molar-refractivity contribution is 0.232. The molecule has 100 valence electrons. The van der Waals surface area contributed by atoms with Gasteiger partial charge in [0.15, 0.2) is 0 Å². The second-order valence-corrected chi connectivity index (χ2v) is 6.94. The number of rotatable bonds is 3. The maximum atomic E-state index is 12.4. The summed E-state index contributed by atoms with van der Waals surface area (Å²) in [7, 11) is -3.27. The van der Waals surface area contributed by atoms with E-state index in [9.17, 15) is 8.42 Å². The minimum atomic E-state index is -3.27. The molecule has 5 nitrogen and oxygen atoms in total. The number of aliphatic hydroxyl groups is 1. The van der Waals surface area contributed by atoms with Crippen molar-refractivity contribution < 1.29 is 13.5 Å². The fourth-order valence-electron chi connectivity index (χ4n) is 2.59. The molecule has 0 saturated carbocycles. The van der Waals surface area contributed by atoms with Gasteiger partial charge >= 0.3 is 0 Å². The number of hydrogen-bond donors (Lipinski definition) is 1. The van der Waals surface area contributed by atoms with E-state index in [1.165, 1.54) is 0 Å². The average molecular weight is 262 g/mol. The monoisotopic (exact) mass is 262 g/mol. The number of nitrogens with zero attached hydrogens (tertiary/aromatic N) is 2. The van der Waals surface area contributed by atoms with Gasteiger partial charge in [0.05, 0.1) is 0 Å². The van der Waals surface area contributed by atoms with Crippen LogP contribution in [-0.4, -0.2) is 54.9 Å². The zero-order chi connectivity index (χ0) is 12.3. The minimum Gasteiger partial charge on any atom is -0.396 e. The highest BCUT2D eigenvalue weighted by molar-refractivity contribution is 7.86. The van der Waals surface area contributed by atoms with Crippen molar-refractivity contribution in [2.75, 3.05) is 32.8 Å². The first-order valence-electron chi connectivity index (χ1n) is 6.50. The molecule has 0 aliphatic carbocycles. The van der Waals surface area contributed by atoms with Gasteiger partial charge in [-0.05, 0) is 25.2 Å². The van der Waals surface area contributed by atoms with E-state index >= 15 is 0 Å². The zero-order valence-electron chi connectivity index (χ0n) is 10.2. The molecule has 2 heterocycles. The van der Waals surface area contributed by atoms with Crippen LogP contribution in [0, 0.1) is 5.92 Å². The van der Waals surface area contributed by atoms with Crippen LogP contribution in [0.1, 0.15) is 32.1 Å². The highest BCUT2D eigenvalue weighted by Gasteiger charge is 2.35. The molecule has 0 radical (unpaired) electrons. The predicted octanol–water partition coefficient (Wildman–Crippen LogP) is 0.421. The summed E-state index contributed by atoms with van der Waals surface area (Å²) in [5.74, 6) is 0.122. The Labute approximate surface area is 104 Å². The molecule has 17 heavy (non-hydrogen) atoms. The van der Waals surface area contributed by atoms with Crippen LogP contribution in [0.5, 0.6) is 0 Å². The van der Waals surface area contributed by atoms with Crippen molar-refractivity contribution in [3.8, 4) is 0 Å². The molecule has 0 amide bonds. The van der Waals surface area contributed by atoms with Gasteiger partial charge in [-0.25, -0.2) is 0 Å². The van der Waals surface area contributed by atoms with Gasteiger partial charge in [0.25, 0.3) is 10.2 Å². The third-order valence-corrected chi connectivity index (χ3v) is 5.73. The van der Waals surface area contributed by atoms with Crippen molar-refractivity contribution in [3.05, 3.63) is 0 Å². The molecule has 0 unspecified atom stereocenters. The SMILES string of the molecule is O=S(=O)(N1CCCCCC1)N1CC[C@@H](CO)C1. The first-order chi connectivity index (χ1) is 8.14. The van der Waals surface area contributed by atoms with E-state index in [2.05, 4.69) is 0 Å². The first kappa shape index (κ1) is 13.3. The molecule has 0 aromatic rings. The molecule has 2 rings (SSSR count). The number of hydrogen-bond acceptors (Lipinski definition) is 3. The zero-order valence-corrected chi connectivity index (χ0v) is 11.0. The largest absolute Gasteiger partial charge is 0.396 e. The van der Waals surface area contributed by atoms with Crippen molar-refractivity contribution in [2.24, 2.45) is 5.92 Å². The lowest BCUT2D eigenvalue weighted by Gasteiger charge is -2.26. The van der Waals surface area contributed by atoms with Gasteiger partial charge in [-0.3, -0.25) is 0 Å². The summed E-state index contributed by atoms with van der Waals surface area (Å²) < 4.78 is 27.9. The summed E-state index contributed by atoms with van der Waals surface area (Å²) in [6, 6.07) is 0. The molecule has 0 bridgehead atoms. The van der Waals surface area contributed by atoms with Crippen LogP contribution in [0.15, 0.2) is 0 Å². The fraction of sp³-hybridized carbons (Fsp3) is 1.00. The van der Waals surface area contributed by atoms with E-state index in [1.807, 2.05) is 0 Å². The highest BCUT2D eigenvalue weighted by Crippen LogP contribution is 2.23. The fourth-order valence-corrected chi connectivity index (χ4v) is 4.37. The first-order valence-corrected chi connectivity index (χ1v) is 7.90. The van der Waals surface area contributed by atoms with E-state index in [0.29, 0.717) is 26.2 Å². The van der Waals surface area contributed by atoms with Crippen molar-refractivity contribution in [2.45, 2.75) is 32.1 Å². The van der Waals surface area contributed by atoms with Crippen LogP contribution in [-0.2, 0) is 10.2 Å². The number of aliphatic hydroxyl groups excluding tert-OH is 1. The Balaban J connectivity index is 2.02. The highest BCUT2D eigenvalue weighted by atomic mass is 32.2. The molecule has 6 heteroatoms. The van der Waals surface area contributed by atoms with E-state index in [1.54, 1.807) is 8.61 Å². The van der Waals surface area contributed by atoms with Crippen molar-refractivity contribution in [1.29, 1.82) is 0 Å². The van der Waals surface area contributed by atoms with Crippen molar-refractivity contribution in [1.82, 2.24) is 8.61 Å². The van der Waals surface area contributed by atoms with Gasteiger partial charge in [-0.2, -0.15) is 17.0 Å². The Hall–Kier alpha value is -0.170. The summed E-state index contributed by atoms with van der Waals surface area (Å²) in [6.45, 7) is 2.44. The van der Waals surface area contributed by atoms with E-state index < -0.39 is 10.2 Å². The Bertz CT molecular complexity index is 337. The third kappa shape index (κ3) is 2.99. The van der Waals surface area contributed by atoms with Crippen molar-refractivity contribution in [3.63, 3.8) is 0 Å². The summed E-state index contributed by atoms with van der Waals surface area (Å²) >= 11 is 0. The molecule has 2 fully saturated rings. The Morgan fingerprint density at radius 1 is 1.00 bits per heavy atom. The topological polar surface area (TPSA) is 60.9 Å². The lowest BCUT2D eigenvalue weighted by atomic mass is 10.1. The molecule has 0 spiro atoms. The Morgan fingerprint density at radius 3 is 2.18 bits per heavy atom. The van der Waals surface area contributed by atoms with Gasteiger partial charge in [-0.1, -0.05) is 12.8 Å². The third-order valence-electron chi connectivity index (χ3n) is 3.72. The van der Waals surface area contributed by atoms with E-state index in [4.69, 9.17) is 5.11 Å². The minimum absolute atomic E-state index is 0.0893. The van der Waals surface area contributed by atoms with Gasteiger partial charge in [-0.15, -0.1) is 0 Å². The van der Waals surface area contributed by atoms with E-state index in [-0.39, 0.29) is 12.5 Å². The summed E-state index contributed by atoms with van der Waals surface area (Å²) in [5.41, 5.74) is 0. The van der Waals surface area contributed by atoms with Crippen LogP contribution in [0.3, 0.4) is 0 Å². The summed E-state index contributed by atoms with van der Waals surface area (Å²) in [6.07, 6.45) is 4.98. The quantitative estimate of drug-likeness (QED) is 0.802. The van der Waals surface area contributed by atoms with Gasteiger partial charge in [0.2, 0.25) is 0 Å². The van der Waals surface area contributed by atoms with Crippen LogP contribution in [0.2, 0.25) is 0 Å². The predicted molar refractivity (Wildman–Crippen MR) is 65.7 cm³/mol. The molecule has 0 aromatic carbocycles. The van der Waals surface area contributed by atoms with Gasteiger partial charge in [0, 0.05) is 32.8 Å². The maximum Gasteiger partial charge on any atom is 0.281 e. The van der Waals surface area contributed by atoms with Gasteiger partial charge < -0.3 is 5.11 Å². The maximum absolute atomic E-state index is 12.4. The van der Waals surface area contributed by atoms with Crippen LogP contribution < -0.4 is 0 Å². The normalized spacial score (nSPS) is 29.4. The smallest absolute Gasteiger partial charge is 0.281 e. The van der Waals surface area contributed by atoms with Crippen LogP contribution >= 0.6 is 0 Å². The molecule has 1 atom stereocenters. The van der Waals surface area contributed by atoms with E-state index in [0.717, 1.165) is 32.1 Å². The average Bonchev–Trinajstić information content (AvgIpc) is 2.64.